The summed E-state index contributed by atoms with van der Waals surface area (Å²) < 4.78 is 0. The number of aromatic carboxylic acids is 1. The van der Waals surface area contributed by atoms with Gasteiger partial charge in [0.1, 0.15) is 0 Å². The highest BCUT2D eigenvalue weighted by atomic mass is 16.4. The molecular weight excluding hydrogens is 272 g/mol. The number of benzene rings is 1. The Hall–Kier alpha value is -2.70. The van der Waals surface area contributed by atoms with Crippen LogP contribution in [0.2, 0.25) is 0 Å². The van der Waals surface area contributed by atoms with Gasteiger partial charge in [-0.25, -0.2) is 4.79 Å². The van der Waals surface area contributed by atoms with E-state index in [1.807, 2.05) is 0 Å². The molecule has 0 atom stereocenters. The van der Waals surface area contributed by atoms with E-state index in [1.165, 1.54) is 0 Å². The van der Waals surface area contributed by atoms with Gasteiger partial charge in [-0.2, -0.15) is 0 Å². The zero-order chi connectivity index (χ0) is 15.6. The average Bonchev–Trinajstić information content (AvgIpc) is 2.44. The number of nitrogens with one attached hydrogen (secondary N) is 1. The van der Waals surface area contributed by atoms with E-state index in [-0.39, 0.29) is 12.2 Å². The summed E-state index contributed by atoms with van der Waals surface area (Å²) in [6.07, 6.45) is 0. The van der Waals surface area contributed by atoms with Crippen molar-refractivity contribution in [2.24, 2.45) is 11.1 Å². The first-order valence-corrected chi connectivity index (χ1v) is 6.35. The lowest BCUT2D eigenvalue weighted by atomic mass is 9.92. The van der Waals surface area contributed by atoms with Crippen LogP contribution in [-0.2, 0) is 4.79 Å². The molecule has 0 aliphatic rings. The number of anilines is 1. The minimum absolute atomic E-state index is 0.186. The number of primary amides is 1. The summed E-state index contributed by atoms with van der Waals surface area (Å²) in [6, 6.07) is 7.04. The number of carboxylic acids is 1. The van der Waals surface area contributed by atoms with Crippen LogP contribution in [-0.4, -0.2) is 33.7 Å². The smallest absolute Gasteiger partial charge is 0.358 e. The topological polar surface area (TPSA) is 118 Å². The molecule has 0 radical (unpaired) electrons. The van der Waals surface area contributed by atoms with Crippen LogP contribution in [0.25, 0.3) is 10.9 Å². The molecule has 0 unspecified atom stereocenters. The number of hydrogen-bond donors (Lipinski definition) is 3. The van der Waals surface area contributed by atoms with Crippen LogP contribution in [0.3, 0.4) is 0 Å². The van der Waals surface area contributed by atoms with Crippen molar-refractivity contribution in [1.29, 1.82) is 0 Å². The van der Waals surface area contributed by atoms with E-state index in [9.17, 15) is 14.7 Å². The lowest BCUT2D eigenvalue weighted by Crippen LogP contribution is -2.37. The fraction of sp³-hybridized carbons (Fsp3) is 0.286. The average molecular weight is 288 g/mol. The van der Waals surface area contributed by atoms with Gasteiger partial charge in [0.2, 0.25) is 5.91 Å². The number of amides is 1. The molecule has 1 aromatic heterocycles. The summed E-state index contributed by atoms with van der Waals surface area (Å²) in [5.41, 5.74) is 5.22. The molecule has 7 heteroatoms. The molecule has 0 fully saturated rings. The molecule has 0 saturated heterocycles. The molecule has 0 bridgehead atoms. The van der Waals surface area contributed by atoms with Gasteiger partial charge in [0, 0.05) is 11.9 Å². The number of nitrogens with zero attached hydrogens (tertiary/aromatic N) is 2. The first-order valence-electron chi connectivity index (χ1n) is 6.35. The van der Waals surface area contributed by atoms with Crippen LogP contribution in [0.5, 0.6) is 0 Å². The number of fused-ring (bicyclic) bond motifs is 1. The van der Waals surface area contributed by atoms with E-state index in [0.717, 1.165) is 0 Å². The predicted octanol–water partition coefficient (Wildman–Crippen LogP) is 1.25. The monoisotopic (exact) mass is 288 g/mol. The van der Waals surface area contributed by atoms with E-state index in [4.69, 9.17) is 5.73 Å². The Morgan fingerprint density at radius 3 is 2.57 bits per heavy atom. The molecule has 0 spiro atoms. The molecule has 7 nitrogen and oxygen atoms in total. The molecule has 2 rings (SSSR count). The highest BCUT2D eigenvalue weighted by Gasteiger charge is 2.26. The summed E-state index contributed by atoms with van der Waals surface area (Å²) in [5, 5.41) is 20.4. The van der Waals surface area contributed by atoms with Gasteiger partial charge in [-0.3, -0.25) is 4.79 Å². The Morgan fingerprint density at radius 2 is 1.95 bits per heavy atom. The number of carbonyl (C=O) groups excluding carboxylic acids is 1. The molecule has 0 saturated carbocycles. The third-order valence-corrected chi connectivity index (χ3v) is 3.24. The molecule has 21 heavy (non-hydrogen) atoms. The zero-order valence-corrected chi connectivity index (χ0v) is 11.8. The number of hydrogen-bond acceptors (Lipinski definition) is 5. The SMILES string of the molecule is CC(C)(CNc1c(C(=O)O)nnc2ccccc12)C(N)=O. The van der Waals surface area contributed by atoms with Crippen molar-refractivity contribution < 1.29 is 14.7 Å². The van der Waals surface area contributed by atoms with Gasteiger partial charge in [0.05, 0.1) is 16.6 Å². The Labute approximate surface area is 121 Å². The normalized spacial score (nSPS) is 11.3. The lowest BCUT2D eigenvalue weighted by molar-refractivity contribution is -0.125. The summed E-state index contributed by atoms with van der Waals surface area (Å²) in [5.74, 6) is -1.66. The predicted molar refractivity (Wildman–Crippen MR) is 78.0 cm³/mol. The molecule has 0 aliphatic carbocycles. The largest absolute Gasteiger partial charge is 0.476 e. The van der Waals surface area contributed by atoms with Crippen molar-refractivity contribution in [3.63, 3.8) is 0 Å². The second-order valence-corrected chi connectivity index (χ2v) is 5.35. The molecule has 4 N–H and O–H groups in total. The third kappa shape index (κ3) is 2.91. The minimum atomic E-state index is -1.19. The van der Waals surface area contributed by atoms with E-state index in [2.05, 4.69) is 15.5 Å². The molecule has 2 aromatic rings. The molecule has 0 aliphatic heterocycles. The van der Waals surface area contributed by atoms with Crippen LogP contribution < -0.4 is 11.1 Å². The van der Waals surface area contributed by atoms with Crippen LogP contribution in [0.1, 0.15) is 24.3 Å². The lowest BCUT2D eigenvalue weighted by Gasteiger charge is -2.22. The summed E-state index contributed by atoms with van der Waals surface area (Å²) in [7, 11) is 0. The summed E-state index contributed by atoms with van der Waals surface area (Å²) in [6.45, 7) is 3.55. The highest BCUT2D eigenvalue weighted by molar-refractivity contribution is 6.02. The maximum atomic E-state index is 11.4. The number of aromatic nitrogens is 2. The van der Waals surface area contributed by atoms with E-state index >= 15 is 0 Å². The van der Waals surface area contributed by atoms with Crippen molar-refractivity contribution in [3.8, 4) is 0 Å². The van der Waals surface area contributed by atoms with Gasteiger partial charge in [-0.05, 0) is 19.9 Å². The van der Waals surface area contributed by atoms with Crippen molar-refractivity contribution in [2.75, 3.05) is 11.9 Å². The second kappa shape index (κ2) is 5.35. The first-order chi connectivity index (χ1) is 9.83. The third-order valence-electron chi connectivity index (χ3n) is 3.24. The standard InChI is InChI=1S/C14H16N4O3/c1-14(2,13(15)21)7-16-10-8-5-3-4-6-9(8)17-18-11(10)12(19)20/h3-6H,7H2,1-2H3,(H2,15,21)(H,16,17)(H,19,20). The van der Waals surface area contributed by atoms with Crippen LogP contribution in [0.15, 0.2) is 24.3 Å². The van der Waals surface area contributed by atoms with Gasteiger partial charge in [0.15, 0.2) is 5.69 Å². The van der Waals surface area contributed by atoms with E-state index < -0.39 is 17.3 Å². The molecule has 1 amide bonds. The minimum Gasteiger partial charge on any atom is -0.476 e. The first kappa shape index (κ1) is 14.7. The highest BCUT2D eigenvalue weighted by Crippen LogP contribution is 2.26. The molecule has 1 aromatic carbocycles. The van der Waals surface area contributed by atoms with Crippen molar-refractivity contribution in [1.82, 2.24) is 10.2 Å². The van der Waals surface area contributed by atoms with Crippen LogP contribution in [0.4, 0.5) is 5.69 Å². The maximum absolute atomic E-state index is 11.4. The molecule has 1 heterocycles. The van der Waals surface area contributed by atoms with Gasteiger partial charge in [0.25, 0.3) is 0 Å². The van der Waals surface area contributed by atoms with Crippen LogP contribution >= 0.6 is 0 Å². The maximum Gasteiger partial charge on any atom is 0.358 e. The van der Waals surface area contributed by atoms with Gasteiger partial charge in [-0.1, -0.05) is 18.2 Å². The Kier molecular flexibility index (Phi) is 3.75. The molecule has 110 valence electrons. The van der Waals surface area contributed by atoms with Gasteiger partial charge >= 0.3 is 5.97 Å². The Bertz CT molecular complexity index is 712. The van der Waals surface area contributed by atoms with E-state index in [1.54, 1.807) is 38.1 Å². The second-order valence-electron chi connectivity index (χ2n) is 5.35. The fourth-order valence-electron chi connectivity index (χ4n) is 1.78. The van der Waals surface area contributed by atoms with Crippen LogP contribution in [0, 0.1) is 5.41 Å². The summed E-state index contributed by atoms with van der Waals surface area (Å²) in [4.78, 5) is 22.7. The Morgan fingerprint density at radius 1 is 1.29 bits per heavy atom. The van der Waals surface area contributed by atoms with Gasteiger partial charge < -0.3 is 16.2 Å². The molecular formula is C14H16N4O3. The summed E-state index contributed by atoms with van der Waals surface area (Å²) >= 11 is 0. The van der Waals surface area contributed by atoms with E-state index in [0.29, 0.717) is 16.6 Å². The van der Waals surface area contributed by atoms with Gasteiger partial charge in [-0.15, -0.1) is 10.2 Å². The Balaban J connectivity index is 2.47. The van der Waals surface area contributed by atoms with Crippen molar-refractivity contribution in [2.45, 2.75) is 13.8 Å². The fourth-order valence-corrected chi connectivity index (χ4v) is 1.78. The number of carbonyl (C=O) groups is 2. The van der Waals surface area contributed by atoms with Crippen molar-refractivity contribution in [3.05, 3.63) is 30.0 Å². The number of carboxylic acid groups (broad SMARTS) is 1. The number of rotatable bonds is 5. The quantitative estimate of drug-likeness (QED) is 0.762. The zero-order valence-electron chi connectivity index (χ0n) is 11.8. The van der Waals surface area contributed by atoms with Crippen molar-refractivity contribution >= 4 is 28.5 Å². The number of nitrogens with two attached hydrogens (primary N) is 1.